The Hall–Kier alpha value is -1.55. The topological polar surface area (TPSA) is 32.8 Å². The first-order chi connectivity index (χ1) is 11.2. The number of hydrogen-bond acceptors (Lipinski definition) is 3. The zero-order valence-corrected chi connectivity index (χ0v) is 14.3. The van der Waals surface area contributed by atoms with Gasteiger partial charge >= 0.3 is 0 Å². The molecule has 2 aliphatic heterocycles. The number of ether oxygens (including phenoxy) is 1. The van der Waals surface area contributed by atoms with Gasteiger partial charge in [0, 0.05) is 0 Å². The number of likely N-dealkylation sites (tertiary alicyclic amines) is 2. The largest absolute Gasteiger partial charge is 0.486 e. The SMILES string of the molecule is CCc1ccccc1OC1CN(C(=O)[C@@H]2CCCCCN2C)C1. The fourth-order valence-corrected chi connectivity index (χ4v) is 3.56. The molecular weight excluding hydrogens is 288 g/mol. The monoisotopic (exact) mass is 316 g/mol. The van der Waals surface area contributed by atoms with E-state index in [2.05, 4.69) is 24.9 Å². The van der Waals surface area contributed by atoms with Crippen LogP contribution in [0.5, 0.6) is 5.75 Å². The maximum atomic E-state index is 12.7. The molecule has 0 aromatic heterocycles. The van der Waals surface area contributed by atoms with Gasteiger partial charge in [-0.3, -0.25) is 9.69 Å². The maximum Gasteiger partial charge on any atom is 0.240 e. The quantitative estimate of drug-likeness (QED) is 0.856. The molecule has 2 heterocycles. The molecule has 2 saturated heterocycles. The van der Waals surface area contributed by atoms with Crippen LogP contribution in [-0.2, 0) is 11.2 Å². The third-order valence-electron chi connectivity index (χ3n) is 5.11. The van der Waals surface area contributed by atoms with Crippen LogP contribution in [0.15, 0.2) is 24.3 Å². The summed E-state index contributed by atoms with van der Waals surface area (Å²) in [5.74, 6) is 1.26. The Labute approximate surface area is 139 Å². The fourth-order valence-electron chi connectivity index (χ4n) is 3.56. The molecule has 0 saturated carbocycles. The van der Waals surface area contributed by atoms with Crippen LogP contribution in [-0.4, -0.2) is 54.5 Å². The number of carbonyl (C=O) groups is 1. The predicted octanol–water partition coefficient (Wildman–Crippen LogP) is 2.71. The Morgan fingerprint density at radius 3 is 2.78 bits per heavy atom. The van der Waals surface area contributed by atoms with E-state index in [0.717, 1.165) is 38.2 Å². The molecule has 126 valence electrons. The van der Waals surface area contributed by atoms with Crippen LogP contribution < -0.4 is 4.74 Å². The summed E-state index contributed by atoms with van der Waals surface area (Å²) in [6.07, 6.45) is 5.73. The summed E-state index contributed by atoms with van der Waals surface area (Å²) in [4.78, 5) is 16.9. The summed E-state index contributed by atoms with van der Waals surface area (Å²) in [5, 5.41) is 0. The highest BCUT2D eigenvalue weighted by atomic mass is 16.5. The van der Waals surface area contributed by atoms with Gasteiger partial charge in [0.05, 0.1) is 19.1 Å². The second kappa shape index (κ2) is 7.35. The van der Waals surface area contributed by atoms with Crippen LogP contribution in [0.25, 0.3) is 0 Å². The van der Waals surface area contributed by atoms with Gasteiger partial charge < -0.3 is 9.64 Å². The number of carbonyl (C=O) groups excluding carboxylic acids is 1. The fraction of sp³-hybridized carbons (Fsp3) is 0.632. The first-order valence-electron chi connectivity index (χ1n) is 8.92. The third kappa shape index (κ3) is 3.69. The van der Waals surface area contributed by atoms with E-state index >= 15 is 0 Å². The lowest BCUT2D eigenvalue weighted by Gasteiger charge is -2.42. The summed E-state index contributed by atoms with van der Waals surface area (Å²) in [5.41, 5.74) is 1.24. The average molecular weight is 316 g/mol. The van der Waals surface area contributed by atoms with Crippen molar-refractivity contribution >= 4 is 5.91 Å². The van der Waals surface area contributed by atoms with E-state index < -0.39 is 0 Å². The zero-order valence-electron chi connectivity index (χ0n) is 14.3. The molecule has 4 heteroatoms. The van der Waals surface area contributed by atoms with Gasteiger partial charge in [-0.15, -0.1) is 0 Å². The summed E-state index contributed by atoms with van der Waals surface area (Å²) in [6, 6.07) is 8.27. The van der Waals surface area contributed by atoms with Crippen LogP contribution in [0.1, 0.15) is 38.2 Å². The van der Waals surface area contributed by atoms with E-state index in [1.54, 1.807) is 0 Å². The smallest absolute Gasteiger partial charge is 0.240 e. The molecule has 0 unspecified atom stereocenters. The van der Waals surface area contributed by atoms with Crippen molar-refractivity contribution in [3.05, 3.63) is 29.8 Å². The van der Waals surface area contributed by atoms with E-state index in [0.29, 0.717) is 0 Å². The average Bonchev–Trinajstić information content (AvgIpc) is 2.74. The van der Waals surface area contributed by atoms with Crippen LogP contribution in [0.2, 0.25) is 0 Å². The summed E-state index contributed by atoms with van der Waals surface area (Å²) < 4.78 is 6.08. The first kappa shape index (κ1) is 16.3. The number of hydrogen-bond donors (Lipinski definition) is 0. The molecule has 4 nitrogen and oxygen atoms in total. The number of aryl methyl sites for hydroxylation is 1. The molecule has 3 rings (SSSR count). The predicted molar refractivity (Wildman–Crippen MR) is 91.7 cm³/mol. The normalized spacial score (nSPS) is 23.2. The number of amides is 1. The van der Waals surface area contributed by atoms with Crippen molar-refractivity contribution in [3.63, 3.8) is 0 Å². The van der Waals surface area contributed by atoms with E-state index in [1.165, 1.54) is 24.8 Å². The molecule has 2 aliphatic rings. The van der Waals surface area contributed by atoms with Crippen LogP contribution >= 0.6 is 0 Å². The molecule has 0 bridgehead atoms. The maximum absolute atomic E-state index is 12.7. The molecular formula is C19H28N2O2. The van der Waals surface area contributed by atoms with E-state index in [1.807, 2.05) is 23.1 Å². The second-order valence-corrected chi connectivity index (χ2v) is 6.79. The van der Waals surface area contributed by atoms with Gasteiger partial charge in [0.1, 0.15) is 11.9 Å². The lowest BCUT2D eigenvalue weighted by Crippen LogP contribution is -2.60. The number of benzene rings is 1. The van der Waals surface area contributed by atoms with Gasteiger partial charge in [0.15, 0.2) is 0 Å². The zero-order chi connectivity index (χ0) is 16.2. The van der Waals surface area contributed by atoms with Gasteiger partial charge in [0.2, 0.25) is 5.91 Å². The summed E-state index contributed by atoms with van der Waals surface area (Å²) in [7, 11) is 2.08. The Bertz CT molecular complexity index is 540. The molecule has 0 spiro atoms. The van der Waals surface area contributed by atoms with Crippen molar-refractivity contribution in [2.75, 3.05) is 26.7 Å². The van der Waals surface area contributed by atoms with Gasteiger partial charge in [0.25, 0.3) is 0 Å². The number of para-hydroxylation sites is 1. The molecule has 0 radical (unpaired) electrons. The van der Waals surface area contributed by atoms with E-state index in [4.69, 9.17) is 4.74 Å². The molecule has 2 fully saturated rings. The lowest BCUT2D eigenvalue weighted by atomic mass is 10.0. The Morgan fingerprint density at radius 2 is 2.00 bits per heavy atom. The van der Waals surface area contributed by atoms with E-state index in [9.17, 15) is 4.79 Å². The standard InChI is InChI=1S/C19H28N2O2/c1-3-15-9-6-7-11-18(15)23-16-13-21(14-16)19(22)17-10-5-4-8-12-20(17)2/h6-7,9,11,16-17H,3-5,8,10,12-14H2,1-2H3/t17-/m0/s1. The summed E-state index contributed by atoms with van der Waals surface area (Å²) in [6.45, 7) is 4.62. The van der Waals surface area contributed by atoms with E-state index in [-0.39, 0.29) is 18.1 Å². The molecule has 23 heavy (non-hydrogen) atoms. The molecule has 0 N–H and O–H groups in total. The van der Waals surface area contributed by atoms with Crippen molar-refractivity contribution < 1.29 is 9.53 Å². The van der Waals surface area contributed by atoms with Crippen molar-refractivity contribution in [2.24, 2.45) is 0 Å². The van der Waals surface area contributed by atoms with Gasteiger partial charge in [-0.05, 0) is 44.5 Å². The highest BCUT2D eigenvalue weighted by Gasteiger charge is 2.37. The Morgan fingerprint density at radius 1 is 1.22 bits per heavy atom. The minimum absolute atomic E-state index is 0.0707. The lowest BCUT2D eigenvalue weighted by molar-refractivity contribution is -0.145. The van der Waals surface area contributed by atoms with Crippen LogP contribution in [0, 0.1) is 0 Å². The molecule has 1 amide bonds. The molecule has 1 atom stereocenters. The minimum atomic E-state index is 0.0707. The molecule has 0 aliphatic carbocycles. The van der Waals surface area contributed by atoms with Crippen molar-refractivity contribution in [1.82, 2.24) is 9.80 Å². The highest BCUT2D eigenvalue weighted by molar-refractivity contribution is 5.82. The number of rotatable bonds is 4. The highest BCUT2D eigenvalue weighted by Crippen LogP contribution is 2.25. The van der Waals surface area contributed by atoms with Crippen molar-refractivity contribution in [2.45, 2.75) is 51.2 Å². The minimum Gasteiger partial charge on any atom is -0.486 e. The van der Waals surface area contributed by atoms with Crippen molar-refractivity contribution in [1.29, 1.82) is 0 Å². The van der Waals surface area contributed by atoms with Crippen molar-refractivity contribution in [3.8, 4) is 5.75 Å². The third-order valence-corrected chi connectivity index (χ3v) is 5.11. The van der Waals surface area contributed by atoms with Crippen LogP contribution in [0.4, 0.5) is 0 Å². The summed E-state index contributed by atoms with van der Waals surface area (Å²) >= 11 is 0. The number of nitrogens with zero attached hydrogens (tertiary/aromatic N) is 2. The number of likely N-dealkylation sites (N-methyl/N-ethyl adjacent to an activating group) is 1. The van der Waals surface area contributed by atoms with Gasteiger partial charge in [-0.25, -0.2) is 0 Å². The first-order valence-corrected chi connectivity index (χ1v) is 8.92. The Balaban J connectivity index is 1.53. The molecule has 1 aromatic rings. The van der Waals surface area contributed by atoms with Gasteiger partial charge in [-0.1, -0.05) is 38.0 Å². The molecule has 1 aromatic carbocycles. The Kier molecular flexibility index (Phi) is 5.21. The van der Waals surface area contributed by atoms with Crippen LogP contribution in [0.3, 0.4) is 0 Å². The van der Waals surface area contributed by atoms with Gasteiger partial charge in [-0.2, -0.15) is 0 Å². The second-order valence-electron chi connectivity index (χ2n) is 6.79.